The van der Waals surface area contributed by atoms with Gasteiger partial charge in [0.1, 0.15) is 12.4 Å². The quantitative estimate of drug-likeness (QED) is 0.769. The molecule has 0 saturated heterocycles. The van der Waals surface area contributed by atoms with Crippen molar-refractivity contribution in [2.75, 3.05) is 13.2 Å². The fourth-order valence-electron chi connectivity index (χ4n) is 1.76. The van der Waals surface area contributed by atoms with E-state index in [2.05, 4.69) is 15.8 Å². The molecule has 22 heavy (non-hydrogen) atoms. The lowest BCUT2D eigenvalue weighted by Crippen LogP contribution is -2.42. The highest BCUT2D eigenvalue weighted by Gasteiger charge is 2.35. The molecule has 0 aromatic heterocycles. The van der Waals surface area contributed by atoms with Crippen LogP contribution >= 0.6 is 0 Å². The molecule has 1 amide bonds. The van der Waals surface area contributed by atoms with E-state index < -0.39 is 17.8 Å². The highest BCUT2D eigenvalue weighted by atomic mass is 19.4. The average molecular weight is 317 g/mol. The Labute approximate surface area is 124 Å². The largest absolute Gasteiger partial charge is 0.490 e. The third-order valence-electron chi connectivity index (χ3n) is 2.75. The molecule has 0 fully saturated rings. The maximum atomic E-state index is 13.1. The zero-order valence-electron chi connectivity index (χ0n) is 11.6. The van der Waals surface area contributed by atoms with E-state index in [0.29, 0.717) is 0 Å². The van der Waals surface area contributed by atoms with Crippen LogP contribution < -0.4 is 15.5 Å². The molecule has 120 valence electrons. The van der Waals surface area contributed by atoms with E-state index >= 15 is 0 Å². The molecular formula is C13H14F3N3O3. The summed E-state index contributed by atoms with van der Waals surface area (Å²) >= 11 is 0. The van der Waals surface area contributed by atoms with Gasteiger partial charge in [0.25, 0.3) is 5.91 Å². The van der Waals surface area contributed by atoms with E-state index in [1.807, 2.05) is 0 Å². The molecule has 0 saturated carbocycles. The number of nitrogens with one attached hydrogen (secondary N) is 2. The van der Waals surface area contributed by atoms with Crippen molar-refractivity contribution in [3.63, 3.8) is 0 Å². The number of aliphatic hydroxyl groups excluding tert-OH is 1. The van der Waals surface area contributed by atoms with E-state index in [1.54, 1.807) is 0 Å². The summed E-state index contributed by atoms with van der Waals surface area (Å²) in [5.41, 5.74) is 1.37. The van der Waals surface area contributed by atoms with Gasteiger partial charge in [0.15, 0.2) is 5.84 Å². The van der Waals surface area contributed by atoms with Crippen LogP contribution in [-0.4, -0.2) is 36.1 Å². The Kier molecular flexibility index (Phi) is 4.55. The summed E-state index contributed by atoms with van der Waals surface area (Å²) in [6, 6.07) is 3.41. The summed E-state index contributed by atoms with van der Waals surface area (Å²) < 4.78 is 44.3. The summed E-state index contributed by atoms with van der Waals surface area (Å²) in [5.74, 6) is -0.624. The Bertz CT molecular complexity index is 600. The van der Waals surface area contributed by atoms with Gasteiger partial charge in [0.2, 0.25) is 0 Å². The number of hydrogen-bond acceptors (Lipinski definition) is 5. The Balaban J connectivity index is 2.33. The molecular weight excluding hydrogens is 303 g/mol. The van der Waals surface area contributed by atoms with Gasteiger partial charge in [-0.3, -0.25) is 4.79 Å². The summed E-state index contributed by atoms with van der Waals surface area (Å²) in [6.07, 6.45) is -5.51. The van der Waals surface area contributed by atoms with Gasteiger partial charge in [-0.2, -0.15) is 18.3 Å². The molecule has 6 nitrogen and oxygen atoms in total. The maximum absolute atomic E-state index is 13.1. The second kappa shape index (κ2) is 6.22. The lowest BCUT2D eigenvalue weighted by atomic mass is 10.1. The monoisotopic (exact) mass is 317 g/mol. The lowest BCUT2D eigenvalue weighted by Gasteiger charge is -2.18. The van der Waals surface area contributed by atoms with E-state index in [-0.39, 0.29) is 36.2 Å². The summed E-state index contributed by atoms with van der Waals surface area (Å²) in [6.45, 7) is 1.09. The van der Waals surface area contributed by atoms with Crippen LogP contribution in [0.3, 0.4) is 0 Å². The Hall–Kier alpha value is -2.29. The summed E-state index contributed by atoms with van der Waals surface area (Å²) in [4.78, 5) is 11.0. The van der Waals surface area contributed by atoms with Gasteiger partial charge in [-0.1, -0.05) is 0 Å². The first kappa shape index (κ1) is 16.1. The SMILES string of the molecule is C[C@H](O)COc1ccc(C2=NNC(=O)CN2)cc1C(F)(F)F. The Morgan fingerprint density at radius 1 is 1.45 bits per heavy atom. The molecule has 9 heteroatoms. The summed E-state index contributed by atoms with van der Waals surface area (Å²) in [7, 11) is 0. The van der Waals surface area contributed by atoms with Crippen LogP contribution in [0, 0.1) is 0 Å². The minimum atomic E-state index is -4.62. The smallest absolute Gasteiger partial charge is 0.419 e. The zero-order chi connectivity index (χ0) is 16.3. The van der Waals surface area contributed by atoms with E-state index in [1.165, 1.54) is 13.0 Å². The maximum Gasteiger partial charge on any atom is 0.419 e. The molecule has 0 aliphatic carbocycles. The molecule has 0 bridgehead atoms. The van der Waals surface area contributed by atoms with Crippen molar-refractivity contribution in [1.82, 2.24) is 10.7 Å². The third-order valence-corrected chi connectivity index (χ3v) is 2.75. The van der Waals surface area contributed by atoms with Crippen molar-refractivity contribution >= 4 is 11.7 Å². The number of rotatable bonds is 4. The number of hydrazone groups is 1. The predicted octanol–water partition coefficient (Wildman–Crippen LogP) is 0.846. The molecule has 1 aromatic carbocycles. The number of halogens is 3. The fraction of sp³-hybridized carbons (Fsp3) is 0.385. The van der Waals surface area contributed by atoms with Gasteiger partial charge in [-0.25, -0.2) is 5.43 Å². The predicted molar refractivity (Wildman–Crippen MR) is 71.3 cm³/mol. The molecule has 3 N–H and O–H groups in total. The van der Waals surface area contributed by atoms with Crippen LogP contribution in [-0.2, 0) is 11.0 Å². The van der Waals surface area contributed by atoms with Gasteiger partial charge in [-0.15, -0.1) is 0 Å². The molecule has 0 unspecified atom stereocenters. The van der Waals surface area contributed by atoms with Gasteiger partial charge in [-0.05, 0) is 25.1 Å². The number of amides is 1. The minimum absolute atomic E-state index is 0.0690. The van der Waals surface area contributed by atoms with Gasteiger partial charge >= 0.3 is 6.18 Å². The van der Waals surface area contributed by atoms with E-state index in [9.17, 15) is 18.0 Å². The topological polar surface area (TPSA) is 83.0 Å². The molecule has 2 rings (SSSR count). The van der Waals surface area contributed by atoms with Crippen LogP contribution in [0.2, 0.25) is 0 Å². The molecule has 0 radical (unpaired) electrons. The van der Waals surface area contributed by atoms with Crippen LogP contribution in [0.4, 0.5) is 13.2 Å². The standard InChI is InChI=1S/C13H14F3N3O3/c1-7(20)6-22-10-3-2-8(4-9(10)13(14,15)16)12-17-5-11(21)18-19-12/h2-4,7,20H,5-6H2,1H3,(H,17,19)(H,18,21)/t7-/m0/s1. The van der Waals surface area contributed by atoms with Gasteiger partial charge in [0, 0.05) is 5.56 Å². The van der Waals surface area contributed by atoms with Crippen molar-refractivity contribution in [3.8, 4) is 5.75 Å². The fourth-order valence-corrected chi connectivity index (χ4v) is 1.76. The van der Waals surface area contributed by atoms with Crippen LogP contribution in [0.15, 0.2) is 23.3 Å². The number of aliphatic hydroxyl groups is 1. The number of benzene rings is 1. The van der Waals surface area contributed by atoms with Crippen LogP contribution in [0.1, 0.15) is 18.1 Å². The molecule has 1 atom stereocenters. The Morgan fingerprint density at radius 3 is 2.73 bits per heavy atom. The minimum Gasteiger partial charge on any atom is -0.490 e. The summed E-state index contributed by atoms with van der Waals surface area (Å²) in [5, 5.41) is 15.4. The first-order chi connectivity index (χ1) is 10.3. The highest BCUT2D eigenvalue weighted by Crippen LogP contribution is 2.37. The number of ether oxygens (including phenoxy) is 1. The number of carbonyl (C=O) groups excluding carboxylic acids is 1. The van der Waals surface area contributed by atoms with Crippen molar-refractivity contribution < 1.29 is 27.8 Å². The number of alkyl halides is 3. The second-order valence-electron chi connectivity index (χ2n) is 4.72. The molecule has 0 spiro atoms. The van der Waals surface area contributed by atoms with Crippen molar-refractivity contribution in [2.45, 2.75) is 19.2 Å². The lowest BCUT2D eigenvalue weighted by molar-refractivity contribution is -0.139. The number of hydrogen-bond donors (Lipinski definition) is 3. The van der Waals surface area contributed by atoms with Crippen molar-refractivity contribution in [1.29, 1.82) is 0 Å². The highest BCUT2D eigenvalue weighted by molar-refractivity contribution is 6.03. The van der Waals surface area contributed by atoms with E-state index in [4.69, 9.17) is 9.84 Å². The molecule has 1 aliphatic rings. The Morgan fingerprint density at radius 2 is 2.18 bits per heavy atom. The molecule has 1 aromatic rings. The number of nitrogens with zero attached hydrogens (tertiary/aromatic N) is 1. The third kappa shape index (κ3) is 3.88. The average Bonchev–Trinajstić information content (AvgIpc) is 2.45. The second-order valence-corrected chi connectivity index (χ2v) is 4.72. The van der Waals surface area contributed by atoms with Crippen LogP contribution in [0.25, 0.3) is 0 Å². The number of amidine groups is 1. The zero-order valence-corrected chi connectivity index (χ0v) is 11.6. The van der Waals surface area contributed by atoms with Crippen molar-refractivity contribution in [3.05, 3.63) is 29.3 Å². The van der Waals surface area contributed by atoms with Gasteiger partial charge in [0.05, 0.1) is 18.2 Å². The normalized spacial score (nSPS) is 16.4. The van der Waals surface area contributed by atoms with E-state index in [0.717, 1.165) is 12.1 Å². The first-order valence-electron chi connectivity index (χ1n) is 6.40. The number of carbonyl (C=O) groups is 1. The molecule has 1 aliphatic heterocycles. The molecule has 1 heterocycles. The first-order valence-corrected chi connectivity index (χ1v) is 6.40. The van der Waals surface area contributed by atoms with Gasteiger partial charge < -0.3 is 15.2 Å². The van der Waals surface area contributed by atoms with Crippen LogP contribution in [0.5, 0.6) is 5.75 Å². The van der Waals surface area contributed by atoms with Crippen molar-refractivity contribution in [2.24, 2.45) is 5.10 Å².